The minimum absolute atomic E-state index is 0.0246. The summed E-state index contributed by atoms with van der Waals surface area (Å²) < 4.78 is 18.3. The van der Waals surface area contributed by atoms with Crippen LogP contribution >= 0.6 is 11.6 Å². The molecule has 0 spiro atoms. The molecule has 0 heterocycles. The van der Waals surface area contributed by atoms with E-state index in [1.165, 1.54) is 6.07 Å². The van der Waals surface area contributed by atoms with Crippen molar-refractivity contribution in [1.29, 1.82) is 5.26 Å². The molecule has 0 fully saturated rings. The summed E-state index contributed by atoms with van der Waals surface area (Å²) in [6.45, 7) is 2.02. The zero-order valence-electron chi connectivity index (χ0n) is 11.4. The van der Waals surface area contributed by atoms with Crippen LogP contribution in [0.2, 0.25) is 5.02 Å². The average Bonchev–Trinajstić information content (AvgIpc) is 2.49. The van der Waals surface area contributed by atoms with Crippen LogP contribution in [0.15, 0.2) is 42.5 Å². The van der Waals surface area contributed by atoms with E-state index in [1.807, 2.05) is 37.3 Å². The van der Waals surface area contributed by atoms with Crippen LogP contribution in [0.25, 0.3) is 0 Å². The highest BCUT2D eigenvalue weighted by Gasteiger charge is 2.07. The van der Waals surface area contributed by atoms with Gasteiger partial charge in [0.25, 0.3) is 0 Å². The quantitative estimate of drug-likeness (QED) is 0.881. The highest BCUT2D eigenvalue weighted by Crippen LogP contribution is 2.24. The van der Waals surface area contributed by atoms with Crippen molar-refractivity contribution < 1.29 is 9.13 Å². The van der Waals surface area contributed by atoms with Gasteiger partial charge in [0.1, 0.15) is 17.6 Å². The van der Waals surface area contributed by atoms with Gasteiger partial charge in [0, 0.05) is 11.7 Å². The van der Waals surface area contributed by atoms with Crippen LogP contribution < -0.4 is 10.1 Å². The molecule has 0 saturated heterocycles. The van der Waals surface area contributed by atoms with Gasteiger partial charge < -0.3 is 10.1 Å². The second-order valence-corrected chi connectivity index (χ2v) is 4.92. The van der Waals surface area contributed by atoms with Gasteiger partial charge in [-0.2, -0.15) is 5.26 Å². The fraction of sp³-hybridized carbons (Fsp3) is 0.188. The van der Waals surface area contributed by atoms with Gasteiger partial charge in [0.05, 0.1) is 5.02 Å². The summed E-state index contributed by atoms with van der Waals surface area (Å²) in [5.41, 5.74) is 1.79. The van der Waals surface area contributed by atoms with E-state index in [0.717, 1.165) is 11.3 Å². The van der Waals surface area contributed by atoms with Gasteiger partial charge in [0.15, 0.2) is 6.61 Å². The third-order valence-electron chi connectivity index (χ3n) is 2.99. The second kappa shape index (κ2) is 6.96. The van der Waals surface area contributed by atoms with Crippen molar-refractivity contribution in [3.05, 3.63) is 58.9 Å². The van der Waals surface area contributed by atoms with E-state index in [9.17, 15) is 4.39 Å². The molecule has 1 N–H and O–H groups in total. The molecule has 3 nitrogen and oxygen atoms in total. The van der Waals surface area contributed by atoms with E-state index < -0.39 is 5.82 Å². The van der Waals surface area contributed by atoms with Crippen molar-refractivity contribution in [2.75, 3.05) is 11.9 Å². The summed E-state index contributed by atoms with van der Waals surface area (Å²) in [4.78, 5) is 0. The minimum atomic E-state index is -0.436. The molecule has 2 aromatic rings. The van der Waals surface area contributed by atoms with Gasteiger partial charge in [-0.15, -0.1) is 0 Å². The number of anilines is 1. The van der Waals surface area contributed by atoms with Crippen molar-refractivity contribution in [3.63, 3.8) is 0 Å². The topological polar surface area (TPSA) is 45.0 Å². The first-order chi connectivity index (χ1) is 10.1. The van der Waals surface area contributed by atoms with Crippen LogP contribution in [0.3, 0.4) is 0 Å². The lowest BCUT2D eigenvalue weighted by atomic mass is 10.1. The Morgan fingerprint density at radius 3 is 2.62 bits per heavy atom. The van der Waals surface area contributed by atoms with Crippen LogP contribution in [0.4, 0.5) is 10.1 Å². The fourth-order valence-corrected chi connectivity index (χ4v) is 2.07. The zero-order valence-corrected chi connectivity index (χ0v) is 12.2. The van der Waals surface area contributed by atoms with E-state index >= 15 is 0 Å². The number of nitrogens with zero attached hydrogens (tertiary/aromatic N) is 1. The van der Waals surface area contributed by atoms with Crippen LogP contribution in [-0.4, -0.2) is 6.61 Å². The molecule has 21 heavy (non-hydrogen) atoms. The molecule has 0 amide bonds. The number of hydrogen-bond acceptors (Lipinski definition) is 3. The number of benzene rings is 2. The Balaban J connectivity index is 2.04. The molecule has 0 aliphatic heterocycles. The van der Waals surface area contributed by atoms with Gasteiger partial charge in [-0.1, -0.05) is 23.7 Å². The molecular weight excluding hydrogens is 291 g/mol. The first-order valence-corrected chi connectivity index (χ1v) is 6.79. The Bertz CT molecular complexity index is 652. The predicted molar refractivity (Wildman–Crippen MR) is 81.0 cm³/mol. The van der Waals surface area contributed by atoms with Gasteiger partial charge >= 0.3 is 0 Å². The smallest absolute Gasteiger partial charge is 0.174 e. The largest absolute Gasteiger partial charge is 0.479 e. The predicted octanol–water partition coefficient (Wildman–Crippen LogP) is 4.55. The standard InChI is InChI=1S/C16H14ClFN2O/c1-11(20-13-4-7-16(18)15(17)10-13)12-2-5-14(6-3-12)21-9-8-19/h2-7,10-11,20H,9H2,1H3. The van der Waals surface area contributed by atoms with Gasteiger partial charge in [-0.25, -0.2) is 4.39 Å². The van der Waals surface area contributed by atoms with Crippen molar-refractivity contribution in [2.24, 2.45) is 0 Å². The monoisotopic (exact) mass is 304 g/mol. The Hall–Kier alpha value is -2.25. The summed E-state index contributed by atoms with van der Waals surface area (Å²) in [5.74, 6) is 0.214. The van der Waals surface area contributed by atoms with Gasteiger partial charge in [-0.3, -0.25) is 0 Å². The molecule has 0 aliphatic carbocycles. The maximum Gasteiger partial charge on any atom is 0.174 e. The van der Waals surface area contributed by atoms with E-state index in [2.05, 4.69) is 5.32 Å². The van der Waals surface area contributed by atoms with E-state index in [1.54, 1.807) is 12.1 Å². The molecule has 0 aliphatic rings. The van der Waals surface area contributed by atoms with Crippen LogP contribution in [0.1, 0.15) is 18.5 Å². The highest BCUT2D eigenvalue weighted by atomic mass is 35.5. The molecule has 1 atom stereocenters. The highest BCUT2D eigenvalue weighted by molar-refractivity contribution is 6.31. The number of hydrogen-bond donors (Lipinski definition) is 1. The Morgan fingerprint density at radius 2 is 2.00 bits per heavy atom. The maximum atomic E-state index is 13.1. The van der Waals surface area contributed by atoms with Crippen LogP contribution in [0, 0.1) is 17.1 Å². The lowest BCUT2D eigenvalue weighted by molar-refractivity contribution is 0.368. The molecule has 2 aromatic carbocycles. The number of nitriles is 1. The number of rotatable bonds is 5. The fourth-order valence-electron chi connectivity index (χ4n) is 1.89. The van der Waals surface area contributed by atoms with E-state index in [4.69, 9.17) is 21.6 Å². The number of nitrogens with one attached hydrogen (secondary N) is 1. The van der Waals surface area contributed by atoms with E-state index in [0.29, 0.717) is 5.75 Å². The molecule has 0 aromatic heterocycles. The lowest BCUT2D eigenvalue weighted by Gasteiger charge is -2.16. The Kier molecular flexibility index (Phi) is 5.02. The minimum Gasteiger partial charge on any atom is -0.479 e. The number of halogens is 2. The molecular formula is C16H14ClFN2O. The summed E-state index contributed by atoms with van der Waals surface area (Å²) in [6, 6.07) is 13.9. The number of ether oxygens (including phenoxy) is 1. The summed E-state index contributed by atoms with van der Waals surface area (Å²) >= 11 is 5.75. The molecule has 5 heteroatoms. The maximum absolute atomic E-state index is 13.1. The van der Waals surface area contributed by atoms with Crippen molar-refractivity contribution >= 4 is 17.3 Å². The summed E-state index contributed by atoms with van der Waals surface area (Å²) in [6.07, 6.45) is 0. The van der Waals surface area contributed by atoms with E-state index in [-0.39, 0.29) is 17.7 Å². The zero-order chi connectivity index (χ0) is 15.2. The molecule has 0 bridgehead atoms. The Labute approximate surface area is 127 Å². The lowest BCUT2D eigenvalue weighted by Crippen LogP contribution is -2.06. The second-order valence-electron chi connectivity index (χ2n) is 4.51. The SMILES string of the molecule is CC(Nc1ccc(F)c(Cl)c1)c1ccc(OCC#N)cc1. The van der Waals surface area contributed by atoms with Crippen molar-refractivity contribution in [2.45, 2.75) is 13.0 Å². The molecule has 0 saturated carbocycles. The molecule has 108 valence electrons. The molecule has 0 radical (unpaired) electrons. The summed E-state index contributed by atoms with van der Waals surface area (Å²) in [5, 5.41) is 11.8. The van der Waals surface area contributed by atoms with Crippen LogP contribution in [0.5, 0.6) is 5.75 Å². The third kappa shape index (κ3) is 4.11. The van der Waals surface area contributed by atoms with Crippen molar-refractivity contribution in [1.82, 2.24) is 0 Å². The van der Waals surface area contributed by atoms with Crippen molar-refractivity contribution in [3.8, 4) is 11.8 Å². The first-order valence-electron chi connectivity index (χ1n) is 6.41. The van der Waals surface area contributed by atoms with Crippen LogP contribution in [-0.2, 0) is 0 Å². The Morgan fingerprint density at radius 1 is 1.29 bits per heavy atom. The first kappa shape index (κ1) is 15.1. The normalized spacial score (nSPS) is 11.5. The van der Waals surface area contributed by atoms with Gasteiger partial charge in [-0.05, 0) is 42.8 Å². The molecule has 1 unspecified atom stereocenters. The van der Waals surface area contributed by atoms with Gasteiger partial charge in [0.2, 0.25) is 0 Å². The summed E-state index contributed by atoms with van der Waals surface area (Å²) in [7, 11) is 0. The average molecular weight is 305 g/mol. The third-order valence-corrected chi connectivity index (χ3v) is 3.28. The molecule has 2 rings (SSSR count).